The first-order valence-corrected chi connectivity index (χ1v) is 5.48. The van der Waals surface area contributed by atoms with E-state index in [1.54, 1.807) is 14.0 Å². The second-order valence-corrected chi connectivity index (χ2v) is 3.96. The summed E-state index contributed by atoms with van der Waals surface area (Å²) in [5, 5.41) is 0. The Labute approximate surface area is 100 Å². The fraction of sp³-hybridized carbons (Fsp3) is 0.214. The van der Waals surface area contributed by atoms with Crippen LogP contribution in [0.2, 0.25) is 0 Å². The zero-order valence-corrected chi connectivity index (χ0v) is 10.2. The lowest BCUT2D eigenvalue weighted by molar-refractivity contribution is 0.101. The van der Waals surface area contributed by atoms with Crippen molar-refractivity contribution in [2.45, 2.75) is 13.8 Å². The molecule has 3 heteroatoms. The number of aryl methyl sites for hydroxylation is 1. The lowest BCUT2D eigenvalue weighted by Gasteiger charge is -2.04. The Hall–Kier alpha value is -2.03. The highest BCUT2D eigenvalue weighted by Gasteiger charge is 2.19. The zero-order valence-electron chi connectivity index (χ0n) is 10.2. The maximum absolute atomic E-state index is 11.6. The van der Waals surface area contributed by atoms with Gasteiger partial charge in [-0.1, -0.05) is 30.3 Å². The second-order valence-electron chi connectivity index (χ2n) is 3.96. The molecule has 0 radical (unpaired) electrons. The number of hydrogen-bond donors (Lipinski definition) is 1. The fourth-order valence-electron chi connectivity index (χ4n) is 2.04. The molecule has 1 N–H and O–H groups in total. The monoisotopic (exact) mass is 229 g/mol. The molecule has 0 fully saturated rings. The van der Waals surface area contributed by atoms with Crippen molar-refractivity contribution in [3.8, 4) is 17.0 Å². The van der Waals surface area contributed by atoms with Crippen molar-refractivity contribution in [1.29, 1.82) is 0 Å². The third kappa shape index (κ3) is 1.96. The van der Waals surface area contributed by atoms with Gasteiger partial charge in [0, 0.05) is 11.3 Å². The first kappa shape index (κ1) is 11.5. The molecule has 17 heavy (non-hydrogen) atoms. The Bertz CT molecular complexity index is 541. The summed E-state index contributed by atoms with van der Waals surface area (Å²) in [4.78, 5) is 14.8. The molecule has 1 heterocycles. The van der Waals surface area contributed by atoms with Gasteiger partial charge in [0.05, 0.1) is 18.4 Å². The van der Waals surface area contributed by atoms with E-state index in [1.165, 1.54) is 0 Å². The smallest absolute Gasteiger partial charge is 0.165 e. The minimum Gasteiger partial charge on any atom is -0.494 e. The summed E-state index contributed by atoms with van der Waals surface area (Å²) < 4.78 is 5.36. The summed E-state index contributed by atoms with van der Waals surface area (Å²) in [6.45, 7) is 3.43. The highest BCUT2D eigenvalue weighted by Crippen LogP contribution is 2.34. The Kier molecular flexibility index (Phi) is 3.00. The maximum atomic E-state index is 11.6. The number of benzene rings is 1. The van der Waals surface area contributed by atoms with Crippen LogP contribution in [0.5, 0.6) is 5.75 Å². The highest BCUT2D eigenvalue weighted by atomic mass is 16.5. The van der Waals surface area contributed by atoms with Gasteiger partial charge >= 0.3 is 0 Å². The van der Waals surface area contributed by atoms with Crippen molar-refractivity contribution in [2.75, 3.05) is 7.11 Å². The number of aromatic amines is 1. The number of hydrogen-bond acceptors (Lipinski definition) is 2. The first-order chi connectivity index (χ1) is 8.15. The van der Waals surface area contributed by atoms with Crippen LogP contribution in [0.4, 0.5) is 0 Å². The summed E-state index contributed by atoms with van der Waals surface area (Å²) in [7, 11) is 1.58. The number of ketones is 1. The van der Waals surface area contributed by atoms with Gasteiger partial charge in [0.15, 0.2) is 11.5 Å². The molecule has 0 atom stereocenters. The molecule has 1 aromatic carbocycles. The van der Waals surface area contributed by atoms with Gasteiger partial charge in [0.1, 0.15) is 0 Å². The minimum absolute atomic E-state index is 0.0118. The summed E-state index contributed by atoms with van der Waals surface area (Å²) in [5.41, 5.74) is 3.34. The van der Waals surface area contributed by atoms with Crippen molar-refractivity contribution in [1.82, 2.24) is 4.98 Å². The summed E-state index contributed by atoms with van der Waals surface area (Å²) in [5.74, 6) is 0.638. The Balaban J connectivity index is 2.64. The highest BCUT2D eigenvalue weighted by molar-refractivity contribution is 6.00. The fourth-order valence-corrected chi connectivity index (χ4v) is 2.04. The van der Waals surface area contributed by atoms with Gasteiger partial charge in [0.25, 0.3) is 0 Å². The molecule has 0 bridgehead atoms. The Morgan fingerprint density at radius 2 is 1.88 bits per heavy atom. The van der Waals surface area contributed by atoms with Crippen molar-refractivity contribution >= 4 is 5.78 Å². The lowest BCUT2D eigenvalue weighted by Crippen LogP contribution is -1.96. The van der Waals surface area contributed by atoms with E-state index in [4.69, 9.17) is 4.74 Å². The van der Waals surface area contributed by atoms with Crippen LogP contribution in [-0.4, -0.2) is 17.9 Å². The third-order valence-electron chi connectivity index (χ3n) is 2.76. The topological polar surface area (TPSA) is 42.1 Å². The van der Waals surface area contributed by atoms with Crippen molar-refractivity contribution in [3.63, 3.8) is 0 Å². The average Bonchev–Trinajstić information content (AvgIpc) is 2.67. The second kappa shape index (κ2) is 4.45. The van der Waals surface area contributed by atoms with Crippen molar-refractivity contribution in [3.05, 3.63) is 41.6 Å². The molecule has 0 saturated carbocycles. The van der Waals surface area contributed by atoms with Gasteiger partial charge in [-0.05, 0) is 13.8 Å². The number of methoxy groups -OCH3 is 1. The van der Waals surface area contributed by atoms with E-state index >= 15 is 0 Å². The first-order valence-electron chi connectivity index (χ1n) is 5.48. The lowest BCUT2D eigenvalue weighted by atomic mass is 10.1. The van der Waals surface area contributed by atoms with E-state index in [-0.39, 0.29) is 5.78 Å². The van der Waals surface area contributed by atoms with Crippen LogP contribution < -0.4 is 4.74 Å². The number of nitrogens with one attached hydrogen (secondary N) is 1. The molecule has 0 spiro atoms. The molecule has 2 aromatic rings. The van der Waals surface area contributed by atoms with E-state index in [2.05, 4.69) is 4.98 Å². The van der Waals surface area contributed by atoms with Gasteiger partial charge in [-0.15, -0.1) is 0 Å². The van der Waals surface area contributed by atoms with Crippen LogP contribution >= 0.6 is 0 Å². The van der Waals surface area contributed by atoms with E-state index < -0.39 is 0 Å². The van der Waals surface area contributed by atoms with E-state index in [0.29, 0.717) is 11.3 Å². The molecular formula is C14H15NO2. The summed E-state index contributed by atoms with van der Waals surface area (Å²) in [6.07, 6.45) is 0. The predicted molar refractivity (Wildman–Crippen MR) is 67.5 cm³/mol. The number of rotatable bonds is 3. The summed E-state index contributed by atoms with van der Waals surface area (Å²) in [6, 6.07) is 9.84. The van der Waals surface area contributed by atoms with Crippen LogP contribution in [0.3, 0.4) is 0 Å². The number of H-pyrrole nitrogens is 1. The van der Waals surface area contributed by atoms with Crippen LogP contribution in [0, 0.1) is 6.92 Å². The molecule has 0 aliphatic carbocycles. The van der Waals surface area contributed by atoms with Crippen LogP contribution in [0.15, 0.2) is 30.3 Å². The number of carbonyl (C=O) groups excluding carboxylic acids is 1. The normalized spacial score (nSPS) is 10.3. The molecule has 3 nitrogen and oxygen atoms in total. The van der Waals surface area contributed by atoms with Crippen LogP contribution in [0.25, 0.3) is 11.3 Å². The maximum Gasteiger partial charge on any atom is 0.165 e. The largest absolute Gasteiger partial charge is 0.494 e. The van der Waals surface area contributed by atoms with E-state index in [0.717, 1.165) is 17.0 Å². The van der Waals surface area contributed by atoms with Crippen LogP contribution in [-0.2, 0) is 0 Å². The summed E-state index contributed by atoms with van der Waals surface area (Å²) >= 11 is 0. The SMILES string of the molecule is COc1c(-c2ccccc2)[nH]c(C)c1C(C)=O. The van der Waals surface area contributed by atoms with Gasteiger partial charge in [-0.25, -0.2) is 0 Å². The number of carbonyl (C=O) groups is 1. The molecule has 0 aliphatic heterocycles. The minimum atomic E-state index is 0.0118. The van der Waals surface area contributed by atoms with Gasteiger partial charge in [0.2, 0.25) is 0 Å². The number of aromatic nitrogens is 1. The zero-order chi connectivity index (χ0) is 12.4. The molecule has 88 valence electrons. The van der Waals surface area contributed by atoms with Crippen LogP contribution in [0.1, 0.15) is 23.0 Å². The van der Waals surface area contributed by atoms with Gasteiger partial charge in [-0.2, -0.15) is 0 Å². The molecular weight excluding hydrogens is 214 g/mol. The molecule has 0 saturated heterocycles. The Morgan fingerprint density at radius 1 is 1.24 bits per heavy atom. The quantitative estimate of drug-likeness (QED) is 0.821. The third-order valence-corrected chi connectivity index (χ3v) is 2.76. The molecule has 0 aliphatic rings. The molecule has 1 aromatic heterocycles. The van der Waals surface area contributed by atoms with E-state index in [9.17, 15) is 4.79 Å². The number of Topliss-reactive ketones (excluding diaryl/α,β-unsaturated/α-hetero) is 1. The molecule has 2 rings (SSSR count). The van der Waals surface area contributed by atoms with Crippen molar-refractivity contribution < 1.29 is 9.53 Å². The molecule has 0 amide bonds. The van der Waals surface area contributed by atoms with Gasteiger partial charge in [-0.3, -0.25) is 4.79 Å². The van der Waals surface area contributed by atoms with E-state index in [1.807, 2.05) is 37.3 Å². The number of ether oxygens (including phenoxy) is 1. The Morgan fingerprint density at radius 3 is 2.41 bits per heavy atom. The predicted octanol–water partition coefficient (Wildman–Crippen LogP) is 3.20. The average molecular weight is 229 g/mol. The molecule has 0 unspecified atom stereocenters. The van der Waals surface area contributed by atoms with Gasteiger partial charge < -0.3 is 9.72 Å². The standard InChI is InChI=1S/C14H15NO2/c1-9-12(10(2)16)14(17-3)13(15-9)11-7-5-4-6-8-11/h4-8,15H,1-3H3. The van der Waals surface area contributed by atoms with Crippen molar-refractivity contribution in [2.24, 2.45) is 0 Å².